The Morgan fingerprint density at radius 2 is 1.76 bits per heavy atom. The van der Waals surface area contributed by atoms with Gasteiger partial charge in [0.2, 0.25) is 0 Å². The molecule has 21 heavy (non-hydrogen) atoms. The standard InChI is InChI=1S/C18H26O3/c1-2-21-18(19)12-15-8-10-17(11-9-15)14-20-13-16-6-4-3-5-7-16/h3-7,15,17H,2,8-14H2,1H3. The molecule has 0 spiro atoms. The highest BCUT2D eigenvalue weighted by Gasteiger charge is 2.23. The van der Waals surface area contributed by atoms with Crippen molar-refractivity contribution in [3.05, 3.63) is 35.9 Å². The summed E-state index contributed by atoms with van der Waals surface area (Å²) >= 11 is 0. The zero-order valence-electron chi connectivity index (χ0n) is 12.9. The summed E-state index contributed by atoms with van der Waals surface area (Å²) in [6.45, 7) is 3.88. The summed E-state index contributed by atoms with van der Waals surface area (Å²) in [4.78, 5) is 11.5. The maximum absolute atomic E-state index is 11.5. The summed E-state index contributed by atoms with van der Waals surface area (Å²) in [5.41, 5.74) is 1.23. The first-order valence-corrected chi connectivity index (χ1v) is 8.05. The molecular formula is C18H26O3. The number of ether oxygens (including phenoxy) is 2. The van der Waals surface area contributed by atoms with Gasteiger partial charge in [-0.15, -0.1) is 0 Å². The molecule has 1 aliphatic rings. The Bertz CT molecular complexity index is 408. The van der Waals surface area contributed by atoms with E-state index in [0.29, 0.717) is 31.5 Å². The van der Waals surface area contributed by atoms with Crippen molar-refractivity contribution in [2.24, 2.45) is 11.8 Å². The largest absolute Gasteiger partial charge is 0.466 e. The van der Waals surface area contributed by atoms with Gasteiger partial charge >= 0.3 is 5.97 Å². The molecule has 116 valence electrons. The van der Waals surface area contributed by atoms with Crippen LogP contribution in [-0.4, -0.2) is 19.2 Å². The average molecular weight is 290 g/mol. The van der Waals surface area contributed by atoms with E-state index in [9.17, 15) is 4.79 Å². The molecule has 1 aliphatic carbocycles. The van der Waals surface area contributed by atoms with Gasteiger partial charge in [0.15, 0.2) is 0 Å². The lowest BCUT2D eigenvalue weighted by atomic mass is 9.81. The molecule has 0 saturated heterocycles. The van der Waals surface area contributed by atoms with Crippen LogP contribution in [0.3, 0.4) is 0 Å². The molecular weight excluding hydrogens is 264 g/mol. The van der Waals surface area contributed by atoms with Crippen molar-refractivity contribution in [1.82, 2.24) is 0 Å². The number of hydrogen-bond donors (Lipinski definition) is 0. The molecule has 1 aromatic rings. The Morgan fingerprint density at radius 1 is 1.10 bits per heavy atom. The fourth-order valence-electron chi connectivity index (χ4n) is 2.98. The Balaban J connectivity index is 1.60. The SMILES string of the molecule is CCOC(=O)CC1CCC(COCc2ccccc2)CC1. The molecule has 1 saturated carbocycles. The van der Waals surface area contributed by atoms with Gasteiger partial charge in [-0.1, -0.05) is 30.3 Å². The average Bonchev–Trinajstić information content (AvgIpc) is 2.50. The first-order chi connectivity index (χ1) is 10.3. The number of esters is 1. The van der Waals surface area contributed by atoms with Crippen LogP contribution in [0.2, 0.25) is 0 Å². The summed E-state index contributed by atoms with van der Waals surface area (Å²) in [5.74, 6) is 1.11. The van der Waals surface area contributed by atoms with Crippen molar-refractivity contribution in [3.63, 3.8) is 0 Å². The summed E-state index contributed by atoms with van der Waals surface area (Å²) in [6.07, 6.45) is 5.17. The van der Waals surface area contributed by atoms with E-state index in [4.69, 9.17) is 9.47 Å². The van der Waals surface area contributed by atoms with Gasteiger partial charge in [0.05, 0.1) is 13.2 Å². The van der Waals surface area contributed by atoms with E-state index < -0.39 is 0 Å². The first-order valence-electron chi connectivity index (χ1n) is 8.05. The number of benzene rings is 1. The summed E-state index contributed by atoms with van der Waals surface area (Å²) in [6, 6.07) is 10.3. The highest BCUT2D eigenvalue weighted by molar-refractivity contribution is 5.69. The molecule has 0 N–H and O–H groups in total. The topological polar surface area (TPSA) is 35.5 Å². The van der Waals surface area contributed by atoms with Gasteiger partial charge in [0.25, 0.3) is 0 Å². The van der Waals surface area contributed by atoms with E-state index in [1.54, 1.807) is 0 Å². The molecule has 0 atom stereocenters. The third-order valence-corrected chi connectivity index (χ3v) is 4.19. The van der Waals surface area contributed by atoms with Crippen LogP contribution in [0.15, 0.2) is 30.3 Å². The zero-order valence-corrected chi connectivity index (χ0v) is 12.9. The van der Waals surface area contributed by atoms with Crippen molar-refractivity contribution in [3.8, 4) is 0 Å². The third kappa shape index (κ3) is 5.88. The molecule has 0 amide bonds. The van der Waals surface area contributed by atoms with Crippen LogP contribution in [0.1, 0.15) is 44.6 Å². The van der Waals surface area contributed by atoms with Crippen LogP contribution >= 0.6 is 0 Å². The maximum atomic E-state index is 11.5. The van der Waals surface area contributed by atoms with Crippen LogP contribution < -0.4 is 0 Å². The molecule has 0 unspecified atom stereocenters. The lowest BCUT2D eigenvalue weighted by Gasteiger charge is -2.27. The highest BCUT2D eigenvalue weighted by atomic mass is 16.5. The first kappa shape index (κ1) is 16.0. The molecule has 1 aromatic carbocycles. The monoisotopic (exact) mass is 290 g/mol. The molecule has 1 fully saturated rings. The number of carbonyl (C=O) groups is 1. The second-order valence-electron chi connectivity index (χ2n) is 5.90. The minimum absolute atomic E-state index is 0.0405. The molecule has 0 heterocycles. The Hall–Kier alpha value is -1.35. The van der Waals surface area contributed by atoms with Crippen molar-refractivity contribution >= 4 is 5.97 Å². The number of rotatable bonds is 7. The molecule has 0 bridgehead atoms. The van der Waals surface area contributed by atoms with E-state index in [1.165, 1.54) is 18.4 Å². The quantitative estimate of drug-likeness (QED) is 0.713. The predicted molar refractivity (Wildman–Crippen MR) is 82.8 cm³/mol. The zero-order chi connectivity index (χ0) is 14.9. The minimum atomic E-state index is -0.0405. The fourth-order valence-corrected chi connectivity index (χ4v) is 2.98. The molecule has 3 nitrogen and oxygen atoms in total. The van der Waals surface area contributed by atoms with Gasteiger partial charge in [-0.25, -0.2) is 0 Å². The van der Waals surface area contributed by atoms with Crippen molar-refractivity contribution in [2.75, 3.05) is 13.2 Å². The summed E-state index contributed by atoms with van der Waals surface area (Å²) in [7, 11) is 0. The Morgan fingerprint density at radius 3 is 2.43 bits per heavy atom. The third-order valence-electron chi connectivity index (χ3n) is 4.19. The summed E-state index contributed by atoms with van der Waals surface area (Å²) in [5, 5.41) is 0. The van der Waals surface area contributed by atoms with Gasteiger partial charge in [-0.2, -0.15) is 0 Å². The van der Waals surface area contributed by atoms with Crippen molar-refractivity contribution in [1.29, 1.82) is 0 Å². The Kier molecular flexibility index (Phi) is 6.74. The van der Waals surface area contributed by atoms with Crippen LogP contribution in [0.5, 0.6) is 0 Å². The fraction of sp³-hybridized carbons (Fsp3) is 0.611. The molecule has 0 aromatic heterocycles. The van der Waals surface area contributed by atoms with E-state index >= 15 is 0 Å². The lowest BCUT2D eigenvalue weighted by Crippen LogP contribution is -2.21. The van der Waals surface area contributed by atoms with Crippen molar-refractivity contribution < 1.29 is 14.3 Å². The second-order valence-corrected chi connectivity index (χ2v) is 5.90. The molecule has 2 rings (SSSR count). The maximum Gasteiger partial charge on any atom is 0.306 e. The van der Waals surface area contributed by atoms with Crippen molar-refractivity contribution in [2.45, 2.75) is 45.6 Å². The molecule has 3 heteroatoms. The van der Waals surface area contributed by atoms with E-state index in [0.717, 1.165) is 19.4 Å². The van der Waals surface area contributed by atoms with Crippen LogP contribution in [0.4, 0.5) is 0 Å². The summed E-state index contributed by atoms with van der Waals surface area (Å²) < 4.78 is 10.8. The van der Waals surface area contributed by atoms with Gasteiger partial charge in [0, 0.05) is 13.0 Å². The smallest absolute Gasteiger partial charge is 0.306 e. The van der Waals surface area contributed by atoms with Gasteiger partial charge in [-0.05, 0) is 50.0 Å². The lowest BCUT2D eigenvalue weighted by molar-refractivity contribution is -0.144. The number of hydrogen-bond acceptors (Lipinski definition) is 3. The van der Waals surface area contributed by atoms with E-state index in [2.05, 4.69) is 12.1 Å². The number of carbonyl (C=O) groups excluding carboxylic acids is 1. The van der Waals surface area contributed by atoms with Gasteiger partial charge in [-0.3, -0.25) is 4.79 Å². The Labute approximate surface area is 127 Å². The highest BCUT2D eigenvalue weighted by Crippen LogP contribution is 2.31. The van der Waals surface area contributed by atoms with Crippen LogP contribution in [0, 0.1) is 11.8 Å². The normalized spacial score (nSPS) is 22.0. The van der Waals surface area contributed by atoms with Gasteiger partial charge < -0.3 is 9.47 Å². The predicted octanol–water partition coefficient (Wildman–Crippen LogP) is 3.96. The van der Waals surface area contributed by atoms with Gasteiger partial charge in [0.1, 0.15) is 0 Å². The molecule has 0 aliphatic heterocycles. The van der Waals surface area contributed by atoms with Crippen LogP contribution in [-0.2, 0) is 20.9 Å². The van der Waals surface area contributed by atoms with Crippen LogP contribution in [0.25, 0.3) is 0 Å². The van der Waals surface area contributed by atoms with E-state index in [1.807, 2.05) is 25.1 Å². The molecule has 0 radical (unpaired) electrons. The minimum Gasteiger partial charge on any atom is -0.466 e. The van der Waals surface area contributed by atoms with E-state index in [-0.39, 0.29) is 5.97 Å². The second kappa shape index (κ2) is 8.83.